The van der Waals surface area contributed by atoms with Crippen molar-refractivity contribution in [1.82, 2.24) is 4.98 Å². The molecule has 7 heteroatoms. The molecule has 1 aromatic rings. The molecule has 0 saturated carbocycles. The van der Waals surface area contributed by atoms with Crippen LogP contribution >= 0.6 is 0 Å². The van der Waals surface area contributed by atoms with Crippen molar-refractivity contribution in [3.05, 3.63) is 43.1 Å². The molecule has 0 saturated heterocycles. The number of hydrogen-bond donors (Lipinski definition) is 3. The van der Waals surface area contributed by atoms with Crippen LogP contribution in [0.15, 0.2) is 43.1 Å². The van der Waals surface area contributed by atoms with Crippen LogP contribution in [0, 0.1) is 5.92 Å². The van der Waals surface area contributed by atoms with Crippen LogP contribution in [0.5, 0.6) is 0 Å². The van der Waals surface area contributed by atoms with Crippen molar-refractivity contribution in [1.29, 1.82) is 0 Å². The molecule has 0 bridgehead atoms. The molecular formula is C19H27N3O4. The van der Waals surface area contributed by atoms with Gasteiger partial charge in [-0.3, -0.25) is 4.79 Å². The molecule has 1 heterocycles. The average molecular weight is 361 g/mol. The van der Waals surface area contributed by atoms with Gasteiger partial charge >= 0.3 is 5.97 Å². The van der Waals surface area contributed by atoms with E-state index in [1.54, 1.807) is 30.5 Å². The lowest BCUT2D eigenvalue weighted by Crippen LogP contribution is -2.19. The topological polar surface area (TPSA) is 101 Å². The van der Waals surface area contributed by atoms with Crippen molar-refractivity contribution < 1.29 is 19.4 Å². The Hall–Kier alpha value is -2.67. The van der Waals surface area contributed by atoms with Gasteiger partial charge in [-0.15, -0.1) is 6.58 Å². The van der Waals surface area contributed by atoms with E-state index < -0.39 is 5.97 Å². The maximum absolute atomic E-state index is 10.6. The zero-order valence-electron chi connectivity index (χ0n) is 15.1. The number of carboxylic acids is 1. The quantitative estimate of drug-likeness (QED) is 0.267. The number of carboxylic acid groups (broad SMARTS) is 1. The first-order chi connectivity index (χ1) is 12.6. The summed E-state index contributed by atoms with van der Waals surface area (Å²) >= 11 is 0. The third kappa shape index (κ3) is 8.98. The van der Waals surface area contributed by atoms with E-state index >= 15 is 0 Å². The van der Waals surface area contributed by atoms with Crippen LogP contribution in [0.2, 0.25) is 0 Å². The smallest absolute Gasteiger partial charge is 0.328 e. The molecule has 7 nitrogen and oxygen atoms in total. The minimum absolute atomic E-state index is 0.273. The number of rotatable bonds is 14. The van der Waals surface area contributed by atoms with Crippen molar-refractivity contribution in [3.63, 3.8) is 0 Å². The normalized spacial score (nSPS) is 13.1. The van der Waals surface area contributed by atoms with Crippen LogP contribution in [0.3, 0.4) is 0 Å². The summed E-state index contributed by atoms with van der Waals surface area (Å²) in [6.07, 6.45) is 8.73. The van der Waals surface area contributed by atoms with Crippen molar-refractivity contribution >= 4 is 23.9 Å². The highest BCUT2D eigenvalue weighted by molar-refractivity contribution is 5.79. The molecule has 0 spiro atoms. The molecule has 0 aliphatic carbocycles. The summed E-state index contributed by atoms with van der Waals surface area (Å²) in [7, 11) is 0. The minimum Gasteiger partial charge on any atom is -0.478 e. The van der Waals surface area contributed by atoms with Gasteiger partial charge in [0.25, 0.3) is 0 Å². The Morgan fingerprint density at radius 1 is 1.46 bits per heavy atom. The highest BCUT2D eigenvalue weighted by Gasteiger charge is 2.11. The van der Waals surface area contributed by atoms with E-state index in [1.165, 1.54) is 0 Å². The van der Waals surface area contributed by atoms with E-state index in [4.69, 9.17) is 9.84 Å². The number of anilines is 2. The van der Waals surface area contributed by atoms with Crippen molar-refractivity contribution in [2.75, 3.05) is 23.8 Å². The maximum Gasteiger partial charge on any atom is 0.328 e. The summed E-state index contributed by atoms with van der Waals surface area (Å²) in [6, 6.07) is 3.58. The molecule has 3 N–H and O–H groups in total. The summed E-state index contributed by atoms with van der Waals surface area (Å²) in [5, 5.41) is 14.5. The van der Waals surface area contributed by atoms with Gasteiger partial charge in [0.05, 0.1) is 24.6 Å². The molecule has 0 aliphatic rings. The summed E-state index contributed by atoms with van der Waals surface area (Å²) < 4.78 is 5.83. The first-order valence-electron chi connectivity index (χ1n) is 8.62. The Labute approximate surface area is 154 Å². The van der Waals surface area contributed by atoms with Crippen LogP contribution in [-0.2, 0) is 14.3 Å². The van der Waals surface area contributed by atoms with Gasteiger partial charge in [-0.2, -0.15) is 0 Å². The molecule has 0 aliphatic heterocycles. The molecule has 0 radical (unpaired) electrons. The predicted octanol–water partition coefficient (Wildman–Crippen LogP) is 3.08. The number of nitrogens with one attached hydrogen (secondary N) is 2. The lowest BCUT2D eigenvalue weighted by molar-refractivity contribution is -0.131. The molecule has 26 heavy (non-hydrogen) atoms. The van der Waals surface area contributed by atoms with E-state index in [2.05, 4.69) is 29.1 Å². The number of carbonyl (C=O) groups is 2. The van der Waals surface area contributed by atoms with Gasteiger partial charge < -0.3 is 20.5 Å². The fourth-order valence-electron chi connectivity index (χ4n) is 2.28. The molecule has 2 unspecified atom stereocenters. The molecule has 1 aromatic heterocycles. The maximum atomic E-state index is 10.6. The third-order valence-electron chi connectivity index (χ3n) is 3.82. The highest BCUT2D eigenvalue weighted by atomic mass is 16.5. The number of aromatic nitrogens is 1. The number of ether oxygens (including phenoxy) is 1. The van der Waals surface area contributed by atoms with Crippen LogP contribution in [-0.4, -0.2) is 41.7 Å². The summed E-state index contributed by atoms with van der Waals surface area (Å²) in [6.45, 7) is 7.07. The van der Waals surface area contributed by atoms with E-state index in [1.807, 2.05) is 0 Å². The van der Waals surface area contributed by atoms with E-state index in [9.17, 15) is 9.59 Å². The van der Waals surface area contributed by atoms with Gasteiger partial charge in [-0.25, -0.2) is 9.78 Å². The third-order valence-corrected chi connectivity index (χ3v) is 3.82. The minimum atomic E-state index is -0.985. The lowest BCUT2D eigenvalue weighted by atomic mass is 10.0. The predicted molar refractivity (Wildman–Crippen MR) is 102 cm³/mol. The Balaban J connectivity index is 2.39. The SMILES string of the molecule is C=CCC(/C=C/C(=O)O)OCC(CC)CCNc1ccc(NC=O)cn1. The molecule has 1 amide bonds. The fourth-order valence-corrected chi connectivity index (χ4v) is 2.28. The Kier molecular flexibility index (Phi) is 10.4. The molecular weight excluding hydrogens is 334 g/mol. The van der Waals surface area contributed by atoms with Gasteiger partial charge in [0.1, 0.15) is 5.82 Å². The Morgan fingerprint density at radius 2 is 2.27 bits per heavy atom. The van der Waals surface area contributed by atoms with Crippen molar-refractivity contribution in [2.24, 2.45) is 5.92 Å². The van der Waals surface area contributed by atoms with Gasteiger partial charge in [0.2, 0.25) is 6.41 Å². The summed E-state index contributed by atoms with van der Waals surface area (Å²) in [5.74, 6) is 0.107. The number of hydrogen-bond acceptors (Lipinski definition) is 5. The molecule has 1 rings (SSSR count). The number of amides is 1. The molecule has 0 aromatic carbocycles. The van der Waals surface area contributed by atoms with E-state index in [0.29, 0.717) is 31.0 Å². The molecule has 2 atom stereocenters. The summed E-state index contributed by atoms with van der Waals surface area (Å²) in [5.41, 5.74) is 0.646. The largest absolute Gasteiger partial charge is 0.478 e. The van der Waals surface area contributed by atoms with E-state index in [-0.39, 0.29) is 6.10 Å². The van der Waals surface area contributed by atoms with Crippen LogP contribution in [0.1, 0.15) is 26.2 Å². The number of aliphatic carboxylic acids is 1. The Morgan fingerprint density at radius 3 is 2.85 bits per heavy atom. The molecule has 0 fully saturated rings. The fraction of sp³-hybridized carbons (Fsp3) is 0.421. The zero-order valence-corrected chi connectivity index (χ0v) is 15.1. The second kappa shape index (κ2) is 12.7. The summed E-state index contributed by atoms with van der Waals surface area (Å²) in [4.78, 5) is 25.2. The zero-order chi connectivity index (χ0) is 19.2. The van der Waals surface area contributed by atoms with Crippen LogP contribution in [0.4, 0.5) is 11.5 Å². The van der Waals surface area contributed by atoms with Gasteiger partial charge in [-0.1, -0.05) is 19.4 Å². The van der Waals surface area contributed by atoms with Gasteiger partial charge in [-0.05, 0) is 37.0 Å². The van der Waals surface area contributed by atoms with E-state index in [0.717, 1.165) is 31.3 Å². The number of carbonyl (C=O) groups excluding carboxylic acids is 1. The monoisotopic (exact) mass is 361 g/mol. The van der Waals surface area contributed by atoms with Gasteiger partial charge in [0, 0.05) is 12.6 Å². The van der Waals surface area contributed by atoms with Crippen LogP contribution < -0.4 is 10.6 Å². The average Bonchev–Trinajstić information content (AvgIpc) is 2.63. The first kappa shape index (κ1) is 21.4. The number of pyridine rings is 1. The lowest BCUT2D eigenvalue weighted by Gasteiger charge is -2.19. The van der Waals surface area contributed by atoms with Crippen molar-refractivity contribution in [2.45, 2.75) is 32.3 Å². The van der Waals surface area contributed by atoms with Gasteiger partial charge in [0.15, 0.2) is 0 Å². The van der Waals surface area contributed by atoms with Crippen molar-refractivity contribution in [3.8, 4) is 0 Å². The Bertz CT molecular complexity index is 587. The first-order valence-corrected chi connectivity index (χ1v) is 8.62. The number of nitrogens with zero attached hydrogens (tertiary/aromatic N) is 1. The highest BCUT2D eigenvalue weighted by Crippen LogP contribution is 2.14. The standard InChI is InChI=1S/C19H27N3O4/c1-3-5-17(7-9-19(24)25)26-13-15(4-2)10-11-20-18-8-6-16(12-21-18)22-14-23/h3,6-9,12,14-15,17H,1,4-5,10-11,13H2,2H3,(H,20,21)(H,22,23)(H,24,25)/b9-7+. The van der Waals surface area contributed by atoms with Crippen LogP contribution in [0.25, 0.3) is 0 Å². The second-order valence-electron chi connectivity index (χ2n) is 5.78. The molecule has 142 valence electrons. The second-order valence-corrected chi connectivity index (χ2v) is 5.78.